The highest BCUT2D eigenvalue weighted by Gasteiger charge is 2.26. The fraction of sp³-hybridized carbons (Fsp3) is 0.550. The van der Waals surface area contributed by atoms with Crippen molar-refractivity contribution in [2.75, 3.05) is 52.4 Å². The van der Waals surface area contributed by atoms with Crippen molar-refractivity contribution in [2.45, 2.75) is 19.8 Å². The van der Waals surface area contributed by atoms with E-state index in [9.17, 15) is 4.79 Å². The minimum atomic E-state index is -0.0371. The average molecular weight is 403 g/mol. The molecule has 2 fully saturated rings. The molecule has 0 radical (unpaired) electrons. The third kappa shape index (κ3) is 4.37. The smallest absolute Gasteiger partial charge is 0.276 e. The lowest BCUT2D eigenvalue weighted by Gasteiger charge is -2.35. The Labute approximate surface area is 170 Å². The van der Waals surface area contributed by atoms with Gasteiger partial charge in [-0.25, -0.2) is 0 Å². The van der Waals surface area contributed by atoms with Crippen LogP contribution in [0.3, 0.4) is 0 Å². The molecule has 1 aromatic carbocycles. The SMILES string of the molecule is Cc1nn(-c2cccc(Cl)c2)nc1C(=O)N1CCN(CCN2CCCC2)CC1. The number of aromatic nitrogens is 3. The van der Waals surface area contributed by atoms with Crippen molar-refractivity contribution >= 4 is 17.5 Å². The van der Waals surface area contributed by atoms with E-state index in [-0.39, 0.29) is 5.91 Å². The van der Waals surface area contributed by atoms with E-state index < -0.39 is 0 Å². The summed E-state index contributed by atoms with van der Waals surface area (Å²) in [7, 11) is 0. The minimum absolute atomic E-state index is 0.0371. The number of aryl methyl sites for hydroxylation is 1. The molecule has 0 aliphatic carbocycles. The quantitative estimate of drug-likeness (QED) is 0.766. The summed E-state index contributed by atoms with van der Waals surface area (Å²) in [5, 5.41) is 9.47. The molecule has 2 aliphatic rings. The maximum absolute atomic E-state index is 13.0. The van der Waals surface area contributed by atoms with Gasteiger partial charge in [-0.3, -0.25) is 9.69 Å². The lowest BCUT2D eigenvalue weighted by Crippen LogP contribution is -2.50. The summed E-state index contributed by atoms with van der Waals surface area (Å²) in [4.78, 5) is 21.3. The third-order valence-corrected chi connectivity index (χ3v) is 5.85. The minimum Gasteiger partial charge on any atom is -0.335 e. The van der Waals surface area contributed by atoms with Crippen LogP contribution in [0.15, 0.2) is 24.3 Å². The summed E-state index contributed by atoms with van der Waals surface area (Å²) in [5.74, 6) is -0.0371. The van der Waals surface area contributed by atoms with Gasteiger partial charge < -0.3 is 9.80 Å². The first-order valence-electron chi connectivity index (χ1n) is 10.0. The van der Waals surface area contributed by atoms with E-state index in [1.54, 1.807) is 12.1 Å². The molecule has 1 amide bonds. The number of likely N-dealkylation sites (tertiary alicyclic amines) is 1. The summed E-state index contributed by atoms with van der Waals surface area (Å²) in [6.45, 7) is 9.84. The van der Waals surface area contributed by atoms with Crippen LogP contribution in [0.2, 0.25) is 5.02 Å². The van der Waals surface area contributed by atoms with Gasteiger partial charge in [-0.2, -0.15) is 9.90 Å². The monoisotopic (exact) mass is 402 g/mol. The first-order valence-corrected chi connectivity index (χ1v) is 10.4. The van der Waals surface area contributed by atoms with Crippen molar-refractivity contribution in [3.8, 4) is 5.69 Å². The van der Waals surface area contributed by atoms with Gasteiger partial charge in [0, 0.05) is 44.3 Å². The summed E-state index contributed by atoms with van der Waals surface area (Å²) >= 11 is 6.05. The van der Waals surface area contributed by atoms with E-state index >= 15 is 0 Å². The molecular formula is C20H27ClN6O. The van der Waals surface area contributed by atoms with E-state index in [1.165, 1.54) is 30.7 Å². The van der Waals surface area contributed by atoms with Gasteiger partial charge >= 0.3 is 0 Å². The number of benzene rings is 1. The molecule has 1 aromatic heterocycles. The Kier molecular flexibility index (Phi) is 5.94. The third-order valence-electron chi connectivity index (χ3n) is 5.61. The van der Waals surface area contributed by atoms with Crippen LogP contribution in [0.4, 0.5) is 0 Å². The van der Waals surface area contributed by atoms with Gasteiger partial charge in [0.2, 0.25) is 0 Å². The number of halogens is 1. The Morgan fingerprint density at radius 3 is 2.36 bits per heavy atom. The van der Waals surface area contributed by atoms with E-state index in [1.807, 2.05) is 24.0 Å². The summed E-state index contributed by atoms with van der Waals surface area (Å²) in [5.41, 5.74) is 1.81. The summed E-state index contributed by atoms with van der Waals surface area (Å²) in [6, 6.07) is 7.31. The number of rotatable bonds is 5. The van der Waals surface area contributed by atoms with Crippen molar-refractivity contribution in [2.24, 2.45) is 0 Å². The molecule has 0 atom stereocenters. The molecule has 28 heavy (non-hydrogen) atoms. The lowest BCUT2D eigenvalue weighted by molar-refractivity contribution is 0.0620. The van der Waals surface area contributed by atoms with E-state index in [0.717, 1.165) is 45.0 Å². The van der Waals surface area contributed by atoms with Crippen LogP contribution in [0.5, 0.6) is 0 Å². The molecule has 0 unspecified atom stereocenters. The van der Waals surface area contributed by atoms with Crippen molar-refractivity contribution in [1.29, 1.82) is 0 Å². The molecule has 0 spiro atoms. The normalized spacial score (nSPS) is 18.7. The molecule has 2 aliphatic heterocycles. The van der Waals surface area contributed by atoms with Crippen LogP contribution in [-0.4, -0.2) is 88.0 Å². The van der Waals surface area contributed by atoms with Crippen LogP contribution < -0.4 is 0 Å². The van der Waals surface area contributed by atoms with Gasteiger partial charge in [0.25, 0.3) is 5.91 Å². The number of amides is 1. The second kappa shape index (κ2) is 8.59. The zero-order chi connectivity index (χ0) is 19.5. The van der Waals surface area contributed by atoms with Crippen LogP contribution >= 0.6 is 11.6 Å². The Bertz CT molecular complexity index is 824. The van der Waals surface area contributed by atoms with Gasteiger partial charge in [-0.15, -0.1) is 5.10 Å². The van der Waals surface area contributed by atoms with Crippen molar-refractivity contribution in [3.05, 3.63) is 40.7 Å². The molecule has 7 nitrogen and oxygen atoms in total. The van der Waals surface area contributed by atoms with E-state index in [0.29, 0.717) is 16.4 Å². The topological polar surface area (TPSA) is 57.5 Å². The van der Waals surface area contributed by atoms with Crippen LogP contribution in [0.25, 0.3) is 5.69 Å². The molecule has 4 rings (SSSR count). The number of hydrogen-bond acceptors (Lipinski definition) is 5. The highest BCUT2D eigenvalue weighted by Crippen LogP contribution is 2.16. The summed E-state index contributed by atoms with van der Waals surface area (Å²) < 4.78 is 0. The molecule has 150 valence electrons. The first-order chi connectivity index (χ1) is 13.6. The second-order valence-corrected chi connectivity index (χ2v) is 8.02. The molecule has 2 saturated heterocycles. The van der Waals surface area contributed by atoms with Crippen LogP contribution in [0.1, 0.15) is 29.0 Å². The predicted molar refractivity (Wildman–Crippen MR) is 109 cm³/mol. The highest BCUT2D eigenvalue weighted by molar-refractivity contribution is 6.30. The molecule has 0 bridgehead atoms. The maximum atomic E-state index is 13.0. The lowest BCUT2D eigenvalue weighted by atomic mass is 10.2. The van der Waals surface area contributed by atoms with Crippen LogP contribution in [-0.2, 0) is 0 Å². The molecule has 0 saturated carbocycles. The highest BCUT2D eigenvalue weighted by atomic mass is 35.5. The fourth-order valence-corrected chi connectivity index (χ4v) is 4.09. The van der Waals surface area contributed by atoms with Crippen molar-refractivity contribution in [3.63, 3.8) is 0 Å². The fourth-order valence-electron chi connectivity index (χ4n) is 3.91. The standard InChI is InChI=1S/C20H27ClN6O/c1-16-19(23-27(22-16)18-6-4-5-17(21)15-18)20(28)26-13-11-25(12-14-26)10-9-24-7-2-3-8-24/h4-6,15H,2-3,7-14H2,1H3. The predicted octanol–water partition coefficient (Wildman–Crippen LogP) is 2.08. The van der Waals surface area contributed by atoms with Crippen LogP contribution in [0, 0.1) is 6.92 Å². The number of hydrogen-bond donors (Lipinski definition) is 0. The van der Waals surface area contributed by atoms with E-state index in [2.05, 4.69) is 20.0 Å². The van der Waals surface area contributed by atoms with Crippen molar-refractivity contribution in [1.82, 2.24) is 29.7 Å². The number of carbonyl (C=O) groups is 1. The van der Waals surface area contributed by atoms with E-state index in [4.69, 9.17) is 11.6 Å². The second-order valence-electron chi connectivity index (χ2n) is 7.59. The maximum Gasteiger partial charge on any atom is 0.276 e. The molecule has 8 heteroatoms. The van der Waals surface area contributed by atoms with Gasteiger partial charge in [0.05, 0.1) is 11.4 Å². The number of nitrogens with zero attached hydrogens (tertiary/aromatic N) is 6. The van der Waals surface area contributed by atoms with Gasteiger partial charge in [-0.05, 0) is 51.1 Å². The molecule has 2 aromatic rings. The largest absolute Gasteiger partial charge is 0.335 e. The number of piperazine rings is 1. The Morgan fingerprint density at radius 1 is 1.00 bits per heavy atom. The van der Waals surface area contributed by atoms with Gasteiger partial charge in [-0.1, -0.05) is 17.7 Å². The zero-order valence-corrected chi connectivity index (χ0v) is 17.1. The first kappa shape index (κ1) is 19.4. The molecule has 0 N–H and O–H groups in total. The van der Waals surface area contributed by atoms with Gasteiger partial charge in [0.15, 0.2) is 5.69 Å². The Balaban J connectivity index is 1.35. The molecular weight excluding hydrogens is 376 g/mol. The average Bonchev–Trinajstić information content (AvgIpc) is 3.36. The molecule has 3 heterocycles. The number of carbonyl (C=O) groups excluding carboxylic acids is 1. The Morgan fingerprint density at radius 2 is 1.68 bits per heavy atom. The van der Waals surface area contributed by atoms with Gasteiger partial charge in [0.1, 0.15) is 0 Å². The Hall–Kier alpha value is -1.96. The zero-order valence-electron chi connectivity index (χ0n) is 16.3. The van der Waals surface area contributed by atoms with Crippen molar-refractivity contribution < 1.29 is 4.79 Å². The summed E-state index contributed by atoms with van der Waals surface area (Å²) in [6.07, 6.45) is 2.66.